The van der Waals surface area contributed by atoms with Gasteiger partial charge in [0.05, 0.1) is 11.0 Å². The van der Waals surface area contributed by atoms with Crippen molar-refractivity contribution in [1.29, 1.82) is 0 Å². The molecular formula is C58H35N3O. The van der Waals surface area contributed by atoms with Gasteiger partial charge in [-0.25, -0.2) is 15.0 Å². The number of nitrogens with zero attached hydrogens (tertiary/aromatic N) is 3. The second-order valence-corrected chi connectivity index (χ2v) is 16.2. The Morgan fingerprint density at radius 3 is 1.48 bits per heavy atom. The topological polar surface area (TPSA) is 51.8 Å². The molecule has 0 aliphatic heterocycles. The molecule has 2 aliphatic rings. The highest BCUT2D eigenvalue weighted by atomic mass is 16.3. The molecule has 9 aromatic carbocycles. The van der Waals surface area contributed by atoms with E-state index in [1.165, 1.54) is 55.6 Å². The third-order valence-electron chi connectivity index (χ3n) is 13.0. The van der Waals surface area contributed by atoms with E-state index in [0.29, 0.717) is 17.5 Å². The van der Waals surface area contributed by atoms with Crippen molar-refractivity contribution < 1.29 is 4.42 Å². The van der Waals surface area contributed by atoms with Crippen molar-refractivity contribution in [2.24, 2.45) is 0 Å². The van der Waals surface area contributed by atoms with Gasteiger partial charge in [-0.3, -0.25) is 0 Å². The van der Waals surface area contributed by atoms with Gasteiger partial charge in [0.15, 0.2) is 17.5 Å². The van der Waals surface area contributed by atoms with Gasteiger partial charge in [0.25, 0.3) is 0 Å². The molecule has 0 saturated carbocycles. The summed E-state index contributed by atoms with van der Waals surface area (Å²) in [7, 11) is 0. The highest BCUT2D eigenvalue weighted by Crippen LogP contribution is 2.64. The fraction of sp³-hybridized carbons (Fsp3) is 0.0172. The lowest BCUT2D eigenvalue weighted by molar-refractivity contribution is 0.669. The van der Waals surface area contributed by atoms with Crippen LogP contribution in [0.3, 0.4) is 0 Å². The monoisotopic (exact) mass is 789 g/mol. The predicted octanol–water partition coefficient (Wildman–Crippen LogP) is 14.4. The highest BCUT2D eigenvalue weighted by molar-refractivity contribution is 6.09. The van der Waals surface area contributed by atoms with E-state index in [4.69, 9.17) is 19.4 Å². The summed E-state index contributed by atoms with van der Waals surface area (Å²) in [6.45, 7) is 0. The van der Waals surface area contributed by atoms with E-state index in [0.717, 1.165) is 49.8 Å². The van der Waals surface area contributed by atoms with Crippen LogP contribution in [0.1, 0.15) is 22.3 Å². The van der Waals surface area contributed by atoms with Gasteiger partial charge >= 0.3 is 0 Å². The first kappa shape index (κ1) is 34.6. The highest BCUT2D eigenvalue weighted by Gasteiger charge is 2.52. The zero-order chi connectivity index (χ0) is 40.8. The zero-order valence-electron chi connectivity index (χ0n) is 33.5. The van der Waals surface area contributed by atoms with Crippen LogP contribution in [0.4, 0.5) is 0 Å². The molecule has 0 unspecified atom stereocenters. The number of rotatable bonds is 5. The molecule has 0 N–H and O–H groups in total. The first-order chi connectivity index (χ1) is 30.7. The minimum Gasteiger partial charge on any atom is -0.455 e. The van der Waals surface area contributed by atoms with E-state index < -0.39 is 5.41 Å². The maximum absolute atomic E-state index is 6.46. The summed E-state index contributed by atoms with van der Waals surface area (Å²) >= 11 is 0. The van der Waals surface area contributed by atoms with Crippen LogP contribution in [-0.2, 0) is 5.41 Å². The molecule has 13 rings (SSSR count). The SMILES string of the molecule is c1ccc(-c2nc(-c3cccc(-c4cccc(-c5cccc6c5C5(c7ccccc7-c7ccccc75)c5ccccc5-6)c4)c3)nc(-c3cccc4c3oc3ccccc34)n2)cc1. The van der Waals surface area contributed by atoms with Crippen LogP contribution in [0.25, 0.3) is 101 Å². The molecule has 288 valence electrons. The summed E-state index contributed by atoms with van der Waals surface area (Å²) in [4.78, 5) is 15.3. The lowest BCUT2D eigenvalue weighted by atomic mass is 9.68. The van der Waals surface area contributed by atoms with Gasteiger partial charge in [-0.2, -0.15) is 0 Å². The molecule has 2 aliphatic carbocycles. The van der Waals surface area contributed by atoms with Gasteiger partial charge < -0.3 is 4.42 Å². The van der Waals surface area contributed by atoms with Crippen molar-refractivity contribution in [3.63, 3.8) is 0 Å². The third-order valence-corrected chi connectivity index (χ3v) is 13.0. The van der Waals surface area contributed by atoms with Gasteiger partial charge in [-0.05, 0) is 91.0 Å². The largest absolute Gasteiger partial charge is 0.455 e. The molecule has 0 atom stereocenters. The van der Waals surface area contributed by atoms with Gasteiger partial charge in [-0.15, -0.1) is 0 Å². The zero-order valence-corrected chi connectivity index (χ0v) is 33.5. The molecule has 0 bridgehead atoms. The van der Waals surface area contributed by atoms with E-state index in [1.807, 2.05) is 60.7 Å². The van der Waals surface area contributed by atoms with Crippen LogP contribution in [-0.4, -0.2) is 15.0 Å². The minimum atomic E-state index is -0.439. The van der Waals surface area contributed by atoms with Crippen molar-refractivity contribution >= 4 is 21.9 Å². The van der Waals surface area contributed by atoms with E-state index in [2.05, 4.69) is 152 Å². The normalized spacial score (nSPS) is 13.0. The third kappa shape index (κ3) is 4.98. The van der Waals surface area contributed by atoms with Crippen molar-refractivity contribution in [2.45, 2.75) is 5.41 Å². The summed E-state index contributed by atoms with van der Waals surface area (Å²) in [5, 5.41) is 2.10. The van der Waals surface area contributed by atoms with Gasteiger partial charge in [0.1, 0.15) is 11.2 Å². The van der Waals surface area contributed by atoms with Crippen LogP contribution in [0, 0.1) is 0 Å². The maximum atomic E-state index is 6.46. The van der Waals surface area contributed by atoms with E-state index >= 15 is 0 Å². The quantitative estimate of drug-likeness (QED) is 0.174. The maximum Gasteiger partial charge on any atom is 0.167 e. The van der Waals surface area contributed by atoms with Gasteiger partial charge in [-0.1, -0.05) is 188 Å². The fourth-order valence-corrected chi connectivity index (χ4v) is 10.4. The Bertz CT molecular complexity index is 3540. The van der Waals surface area contributed by atoms with E-state index in [-0.39, 0.29) is 0 Å². The molecule has 4 heteroatoms. The van der Waals surface area contributed by atoms with Crippen LogP contribution in [0.5, 0.6) is 0 Å². The van der Waals surface area contributed by atoms with Crippen LogP contribution in [0.15, 0.2) is 217 Å². The Kier molecular flexibility index (Phi) is 7.49. The lowest BCUT2D eigenvalue weighted by Crippen LogP contribution is -2.26. The van der Waals surface area contributed by atoms with E-state index in [1.54, 1.807) is 0 Å². The molecule has 0 fully saturated rings. The average molecular weight is 790 g/mol. The van der Waals surface area contributed by atoms with Crippen LogP contribution in [0.2, 0.25) is 0 Å². The number of furan rings is 1. The Morgan fingerprint density at radius 2 is 0.758 bits per heavy atom. The summed E-state index contributed by atoms with van der Waals surface area (Å²) in [6, 6.07) is 75.8. The molecule has 2 aromatic heterocycles. The number of hydrogen-bond acceptors (Lipinski definition) is 4. The fourth-order valence-electron chi connectivity index (χ4n) is 10.4. The molecule has 4 nitrogen and oxygen atoms in total. The van der Waals surface area contributed by atoms with Crippen molar-refractivity contribution in [3.05, 3.63) is 235 Å². The average Bonchev–Trinajstić information content (AvgIpc) is 3.99. The second kappa shape index (κ2) is 13.4. The Balaban J connectivity index is 0.963. The second-order valence-electron chi connectivity index (χ2n) is 16.2. The first-order valence-corrected chi connectivity index (χ1v) is 21.1. The lowest BCUT2D eigenvalue weighted by Gasteiger charge is -2.32. The van der Waals surface area contributed by atoms with Gasteiger partial charge in [0.2, 0.25) is 0 Å². The number of aromatic nitrogens is 3. The molecule has 0 radical (unpaired) electrons. The molecule has 2 heterocycles. The molecule has 62 heavy (non-hydrogen) atoms. The number of para-hydroxylation sites is 2. The number of hydrogen-bond donors (Lipinski definition) is 0. The van der Waals surface area contributed by atoms with E-state index in [9.17, 15) is 0 Å². The number of fused-ring (bicyclic) bond motifs is 13. The van der Waals surface area contributed by atoms with Crippen molar-refractivity contribution in [3.8, 4) is 78.7 Å². The molecule has 0 amide bonds. The smallest absolute Gasteiger partial charge is 0.167 e. The summed E-state index contributed by atoms with van der Waals surface area (Å²) in [5.74, 6) is 1.77. The van der Waals surface area contributed by atoms with Crippen LogP contribution >= 0.6 is 0 Å². The number of benzene rings is 9. The molecule has 11 aromatic rings. The summed E-state index contributed by atoms with van der Waals surface area (Å²) in [6.07, 6.45) is 0. The Labute approximate surface area is 358 Å². The molecule has 0 saturated heterocycles. The standard InChI is InChI=1S/C58H35N3O/c1-2-16-36(17-3-1)55-59-56(61-57(60-55)48-29-15-28-47-45-25-7-11-33-52(45)62-54(47)48)40-21-13-19-38(35-40)37-18-12-20-39(34-37)41-26-14-27-46-44-24-6-10-32-51(44)58(53(41)46)49-30-8-4-22-42(49)43-23-5-9-31-50(43)58/h1-35H. The first-order valence-electron chi connectivity index (χ1n) is 21.1. The molecule has 1 spiro atoms. The predicted molar refractivity (Wildman–Crippen MR) is 251 cm³/mol. The summed E-state index contributed by atoms with van der Waals surface area (Å²) < 4.78 is 6.46. The summed E-state index contributed by atoms with van der Waals surface area (Å²) in [5.41, 5.74) is 18.9. The Morgan fingerprint density at radius 1 is 0.306 bits per heavy atom. The van der Waals surface area contributed by atoms with Crippen molar-refractivity contribution in [1.82, 2.24) is 15.0 Å². The van der Waals surface area contributed by atoms with Crippen LogP contribution < -0.4 is 0 Å². The van der Waals surface area contributed by atoms with Gasteiger partial charge in [0, 0.05) is 21.9 Å². The Hall–Kier alpha value is -8.21. The molecular weight excluding hydrogens is 755 g/mol. The minimum absolute atomic E-state index is 0.439. The van der Waals surface area contributed by atoms with Crippen molar-refractivity contribution in [2.75, 3.05) is 0 Å².